The number of likely N-dealkylation sites (N-methyl/N-ethyl adjacent to an activating group) is 1. The zero-order valence-electron chi connectivity index (χ0n) is 18.7. The van der Waals surface area contributed by atoms with E-state index < -0.39 is 5.91 Å². The van der Waals surface area contributed by atoms with Crippen LogP contribution < -0.4 is 19.9 Å². The van der Waals surface area contributed by atoms with Crippen LogP contribution in [0, 0.1) is 0 Å². The molecule has 11 heteroatoms. The molecule has 10 nitrogen and oxygen atoms in total. The highest BCUT2D eigenvalue weighted by atomic mass is 32.2. The third-order valence-corrected chi connectivity index (χ3v) is 6.04. The van der Waals surface area contributed by atoms with Crippen LogP contribution in [0.3, 0.4) is 0 Å². The lowest BCUT2D eigenvalue weighted by Gasteiger charge is -2.24. The highest BCUT2D eigenvalue weighted by Gasteiger charge is 2.26. The second-order valence-electron chi connectivity index (χ2n) is 7.97. The molecule has 33 heavy (non-hydrogen) atoms. The zero-order chi connectivity index (χ0) is 23.2. The van der Waals surface area contributed by atoms with Crippen molar-refractivity contribution in [2.24, 2.45) is 0 Å². The van der Waals surface area contributed by atoms with Gasteiger partial charge >= 0.3 is 0 Å². The predicted octanol–water partition coefficient (Wildman–Crippen LogP) is 1.85. The van der Waals surface area contributed by atoms with Gasteiger partial charge in [-0.2, -0.15) is 4.98 Å². The molecule has 2 aliphatic heterocycles. The highest BCUT2D eigenvalue weighted by molar-refractivity contribution is 8.18. The fraction of sp³-hybridized carbons (Fsp3) is 0.409. The summed E-state index contributed by atoms with van der Waals surface area (Å²) >= 11 is 0.867. The lowest BCUT2D eigenvalue weighted by molar-refractivity contribution is -0.115. The Morgan fingerprint density at radius 2 is 1.88 bits per heavy atom. The van der Waals surface area contributed by atoms with Crippen molar-refractivity contribution in [2.75, 3.05) is 63.2 Å². The first-order chi connectivity index (χ1) is 16.0. The van der Waals surface area contributed by atoms with Crippen LogP contribution in [-0.2, 0) is 4.79 Å². The molecule has 174 valence electrons. The van der Waals surface area contributed by atoms with Gasteiger partial charge < -0.3 is 19.4 Å². The molecular weight excluding hydrogens is 442 g/mol. The topological polar surface area (TPSA) is 104 Å². The van der Waals surface area contributed by atoms with E-state index in [1.807, 2.05) is 31.1 Å². The van der Waals surface area contributed by atoms with Gasteiger partial charge in [-0.3, -0.25) is 19.9 Å². The summed E-state index contributed by atoms with van der Waals surface area (Å²) in [5.74, 6) is 0.581. The van der Waals surface area contributed by atoms with Crippen molar-refractivity contribution in [1.29, 1.82) is 0 Å². The Morgan fingerprint density at radius 1 is 1.12 bits per heavy atom. The SMILES string of the molecule is CN(C)CCOc1cc(C=C2SC(=O)NC2=O)nc(N2CCCN(c3ccncc3)CC2)n1. The van der Waals surface area contributed by atoms with E-state index in [1.165, 1.54) is 0 Å². The van der Waals surface area contributed by atoms with E-state index in [9.17, 15) is 9.59 Å². The van der Waals surface area contributed by atoms with E-state index in [0.29, 0.717) is 29.0 Å². The summed E-state index contributed by atoms with van der Waals surface area (Å²) < 4.78 is 5.88. The summed E-state index contributed by atoms with van der Waals surface area (Å²) in [7, 11) is 3.95. The molecule has 0 radical (unpaired) electrons. The standard InChI is InChI=1S/C22H27N7O3S/c1-27(2)12-13-32-19-15-16(14-18-20(30)26-22(31)33-18)24-21(25-19)29-9-3-8-28(10-11-29)17-4-6-23-7-5-17/h4-7,14-15H,3,8-13H2,1-2H3,(H,26,30,31). The summed E-state index contributed by atoms with van der Waals surface area (Å²) in [5.41, 5.74) is 1.68. The summed E-state index contributed by atoms with van der Waals surface area (Å²) in [5, 5.41) is 1.89. The monoisotopic (exact) mass is 469 g/mol. The molecule has 0 aromatic carbocycles. The fourth-order valence-electron chi connectivity index (χ4n) is 3.54. The van der Waals surface area contributed by atoms with Gasteiger partial charge in [0.2, 0.25) is 11.8 Å². The van der Waals surface area contributed by atoms with Gasteiger partial charge in [-0.05, 0) is 50.5 Å². The van der Waals surface area contributed by atoms with E-state index in [1.54, 1.807) is 24.5 Å². The zero-order valence-corrected chi connectivity index (χ0v) is 19.5. The van der Waals surface area contributed by atoms with Crippen molar-refractivity contribution < 1.29 is 14.3 Å². The first-order valence-electron chi connectivity index (χ1n) is 10.8. The van der Waals surface area contributed by atoms with Crippen molar-refractivity contribution in [3.05, 3.63) is 41.2 Å². The molecule has 2 aromatic rings. The Labute approximate surface area is 197 Å². The lowest BCUT2D eigenvalue weighted by atomic mass is 10.3. The van der Waals surface area contributed by atoms with Crippen LogP contribution in [0.4, 0.5) is 16.4 Å². The molecule has 2 aromatic heterocycles. The number of imide groups is 1. The summed E-state index contributed by atoms with van der Waals surface area (Å²) in [6, 6.07) is 5.73. The second-order valence-corrected chi connectivity index (χ2v) is 8.98. The van der Waals surface area contributed by atoms with Gasteiger partial charge in [0.05, 0.1) is 10.6 Å². The summed E-state index contributed by atoms with van der Waals surface area (Å²) in [4.78, 5) is 43.8. The number of thioether (sulfide) groups is 1. The molecule has 2 aliphatic rings. The van der Waals surface area contributed by atoms with Crippen molar-refractivity contribution in [1.82, 2.24) is 25.2 Å². The van der Waals surface area contributed by atoms with Gasteiger partial charge in [-0.25, -0.2) is 4.98 Å². The molecule has 0 atom stereocenters. The van der Waals surface area contributed by atoms with E-state index in [0.717, 1.165) is 56.6 Å². The summed E-state index contributed by atoms with van der Waals surface area (Å²) in [6.07, 6.45) is 6.16. The maximum atomic E-state index is 12.0. The number of hydrogen-bond donors (Lipinski definition) is 1. The molecule has 2 fully saturated rings. The summed E-state index contributed by atoms with van der Waals surface area (Å²) in [6.45, 7) is 4.51. The lowest BCUT2D eigenvalue weighted by Crippen LogP contribution is -2.32. The second kappa shape index (κ2) is 10.6. The molecule has 1 N–H and O–H groups in total. The number of hydrogen-bond acceptors (Lipinski definition) is 10. The number of amides is 2. The van der Waals surface area contributed by atoms with Crippen LogP contribution in [0.2, 0.25) is 0 Å². The number of nitrogens with zero attached hydrogens (tertiary/aromatic N) is 6. The number of anilines is 2. The molecule has 2 amide bonds. The normalized spacial score (nSPS) is 18.1. The molecule has 0 saturated carbocycles. The molecule has 4 heterocycles. The van der Waals surface area contributed by atoms with Crippen LogP contribution in [0.5, 0.6) is 5.88 Å². The van der Waals surface area contributed by atoms with Crippen molar-refractivity contribution in [3.8, 4) is 5.88 Å². The molecule has 2 saturated heterocycles. The minimum absolute atomic E-state index is 0.309. The quantitative estimate of drug-likeness (QED) is 0.604. The maximum Gasteiger partial charge on any atom is 0.290 e. The minimum Gasteiger partial charge on any atom is -0.476 e. The molecule has 0 aliphatic carbocycles. The Kier molecular flexibility index (Phi) is 7.40. The largest absolute Gasteiger partial charge is 0.476 e. The van der Waals surface area contributed by atoms with Crippen molar-refractivity contribution in [2.45, 2.75) is 6.42 Å². The van der Waals surface area contributed by atoms with Crippen LogP contribution >= 0.6 is 11.8 Å². The minimum atomic E-state index is -0.414. The molecule has 4 rings (SSSR count). The van der Waals surface area contributed by atoms with Gasteiger partial charge in [0.25, 0.3) is 11.1 Å². The van der Waals surface area contributed by atoms with E-state index in [-0.39, 0.29) is 5.24 Å². The Hall–Kier alpha value is -3.18. The molecule has 0 bridgehead atoms. The molecular formula is C22H27N7O3S. The number of pyridine rings is 1. The first-order valence-corrected chi connectivity index (χ1v) is 11.6. The Balaban J connectivity index is 1.56. The number of rotatable bonds is 7. The molecule has 0 spiro atoms. The number of ether oxygens (including phenoxy) is 1. The van der Waals surface area contributed by atoms with Gasteiger partial charge in [0, 0.05) is 56.9 Å². The van der Waals surface area contributed by atoms with Crippen LogP contribution in [0.1, 0.15) is 12.1 Å². The number of carbonyl (C=O) groups excluding carboxylic acids is 2. The highest BCUT2D eigenvalue weighted by Crippen LogP contribution is 2.27. The van der Waals surface area contributed by atoms with Gasteiger partial charge in [0.15, 0.2) is 0 Å². The first kappa shape index (κ1) is 23.0. The maximum absolute atomic E-state index is 12.0. The van der Waals surface area contributed by atoms with Gasteiger partial charge in [-0.1, -0.05) is 0 Å². The Bertz CT molecular complexity index is 1030. The average Bonchev–Trinajstić information content (AvgIpc) is 2.98. The van der Waals surface area contributed by atoms with Gasteiger partial charge in [-0.15, -0.1) is 0 Å². The van der Waals surface area contributed by atoms with Gasteiger partial charge in [0.1, 0.15) is 6.61 Å². The van der Waals surface area contributed by atoms with E-state index in [2.05, 4.69) is 30.1 Å². The predicted molar refractivity (Wildman–Crippen MR) is 128 cm³/mol. The van der Waals surface area contributed by atoms with Crippen LogP contribution in [-0.4, -0.2) is 84.4 Å². The average molecular weight is 470 g/mol. The molecule has 0 unspecified atom stereocenters. The third-order valence-electron chi connectivity index (χ3n) is 5.23. The number of carbonyl (C=O) groups is 2. The smallest absolute Gasteiger partial charge is 0.290 e. The van der Waals surface area contributed by atoms with Crippen LogP contribution in [0.25, 0.3) is 6.08 Å². The van der Waals surface area contributed by atoms with Crippen LogP contribution in [0.15, 0.2) is 35.5 Å². The third kappa shape index (κ3) is 6.20. The van der Waals surface area contributed by atoms with Crippen molar-refractivity contribution in [3.63, 3.8) is 0 Å². The Morgan fingerprint density at radius 3 is 2.61 bits per heavy atom. The number of aromatic nitrogens is 3. The van der Waals surface area contributed by atoms with E-state index in [4.69, 9.17) is 4.74 Å². The fourth-order valence-corrected chi connectivity index (χ4v) is 4.20. The number of nitrogens with one attached hydrogen (secondary N) is 1. The van der Waals surface area contributed by atoms with E-state index >= 15 is 0 Å². The van der Waals surface area contributed by atoms with Crippen molar-refractivity contribution >= 4 is 40.6 Å².